The molecule has 1 aromatic carbocycles. The molecule has 0 fully saturated rings. The smallest absolute Gasteiger partial charge is 0.138 e. The predicted octanol–water partition coefficient (Wildman–Crippen LogP) is 5.60. The molecule has 194 valence electrons. The molecule has 0 radical (unpaired) electrons. The van der Waals surface area contributed by atoms with E-state index in [1.165, 1.54) is 0 Å². The van der Waals surface area contributed by atoms with Gasteiger partial charge in [-0.2, -0.15) is 5.10 Å². The highest BCUT2D eigenvalue weighted by atomic mass is 16.3. The summed E-state index contributed by atoms with van der Waals surface area (Å²) < 4.78 is 0. The monoisotopic (exact) mass is 524 g/mol. The highest BCUT2D eigenvalue weighted by Gasteiger charge is 2.16. The van der Waals surface area contributed by atoms with Crippen LogP contribution in [0, 0.1) is 0 Å². The van der Waals surface area contributed by atoms with Gasteiger partial charge in [0.2, 0.25) is 0 Å². The van der Waals surface area contributed by atoms with Gasteiger partial charge in [0, 0.05) is 53.1 Å². The van der Waals surface area contributed by atoms with Gasteiger partial charge in [-0.1, -0.05) is 36.4 Å². The minimum Gasteiger partial charge on any atom is -0.373 e. The highest BCUT2D eigenvalue weighted by molar-refractivity contribution is 6.00. The Balaban J connectivity index is 1.21. The molecule has 0 aliphatic carbocycles. The molecule has 0 saturated heterocycles. The van der Waals surface area contributed by atoms with Crippen LogP contribution >= 0.6 is 0 Å². The van der Waals surface area contributed by atoms with Gasteiger partial charge in [0.15, 0.2) is 0 Å². The van der Waals surface area contributed by atoms with Gasteiger partial charge >= 0.3 is 0 Å². The van der Waals surface area contributed by atoms with Gasteiger partial charge in [0.25, 0.3) is 0 Å². The van der Waals surface area contributed by atoms with E-state index in [4.69, 9.17) is 0 Å². The number of nitrogens with one attached hydrogen (secondary N) is 3. The second-order valence-corrected chi connectivity index (χ2v) is 9.54. The predicted molar refractivity (Wildman–Crippen MR) is 155 cm³/mol. The third-order valence-corrected chi connectivity index (χ3v) is 6.85. The average molecular weight is 525 g/mol. The van der Waals surface area contributed by atoms with Gasteiger partial charge in [-0.3, -0.25) is 20.1 Å². The van der Waals surface area contributed by atoms with Crippen LogP contribution in [0.3, 0.4) is 0 Å². The second kappa shape index (κ2) is 10.0. The van der Waals surface area contributed by atoms with E-state index >= 15 is 0 Å². The summed E-state index contributed by atoms with van der Waals surface area (Å²) in [5.74, 6) is 0. The SMILES string of the molecule is OC(Cc1ccccc1)Nc1cncc(-c2cc3c(-c4cc5c(-c6cccnc6)ccnc5[nH]4)n[nH]c3cn2)c1. The van der Waals surface area contributed by atoms with Crippen LogP contribution in [0.2, 0.25) is 0 Å². The lowest BCUT2D eigenvalue weighted by Gasteiger charge is -2.14. The fourth-order valence-corrected chi connectivity index (χ4v) is 4.95. The van der Waals surface area contributed by atoms with Gasteiger partial charge in [-0.05, 0) is 41.5 Å². The number of aliphatic hydroxyl groups is 1. The van der Waals surface area contributed by atoms with Crippen LogP contribution in [0.25, 0.3) is 55.7 Å². The van der Waals surface area contributed by atoms with Crippen molar-refractivity contribution in [3.63, 3.8) is 0 Å². The van der Waals surface area contributed by atoms with Crippen molar-refractivity contribution in [2.24, 2.45) is 0 Å². The molecule has 1 unspecified atom stereocenters. The molecule has 9 nitrogen and oxygen atoms in total. The van der Waals surface area contributed by atoms with Crippen molar-refractivity contribution in [2.75, 3.05) is 5.32 Å². The van der Waals surface area contributed by atoms with Crippen molar-refractivity contribution in [2.45, 2.75) is 12.6 Å². The lowest BCUT2D eigenvalue weighted by molar-refractivity contribution is 0.204. The molecular weight excluding hydrogens is 500 g/mol. The Hall–Kier alpha value is -5.41. The summed E-state index contributed by atoms with van der Waals surface area (Å²) in [6, 6.07) is 21.8. The highest BCUT2D eigenvalue weighted by Crippen LogP contribution is 2.34. The van der Waals surface area contributed by atoms with E-state index < -0.39 is 6.23 Å². The van der Waals surface area contributed by atoms with Crippen molar-refractivity contribution in [3.05, 3.63) is 109 Å². The van der Waals surface area contributed by atoms with Gasteiger partial charge in [-0.25, -0.2) is 4.98 Å². The first-order chi connectivity index (χ1) is 19.7. The van der Waals surface area contributed by atoms with Gasteiger partial charge < -0.3 is 15.4 Å². The fourth-order valence-electron chi connectivity index (χ4n) is 4.95. The minimum atomic E-state index is -0.748. The Bertz CT molecular complexity index is 1930. The lowest BCUT2D eigenvalue weighted by Crippen LogP contribution is -2.21. The van der Waals surface area contributed by atoms with E-state index in [1.807, 2.05) is 66.9 Å². The van der Waals surface area contributed by atoms with Crippen LogP contribution in [0.1, 0.15) is 5.56 Å². The molecule has 6 aromatic heterocycles. The molecular formula is C31H24N8O. The largest absolute Gasteiger partial charge is 0.373 e. The van der Waals surface area contributed by atoms with E-state index in [-0.39, 0.29) is 0 Å². The quantitative estimate of drug-likeness (QED) is 0.200. The van der Waals surface area contributed by atoms with E-state index in [0.717, 1.165) is 61.3 Å². The van der Waals surface area contributed by atoms with E-state index in [0.29, 0.717) is 12.1 Å². The molecule has 1 atom stereocenters. The number of aromatic amines is 2. The standard InChI is InChI=1S/C31H24N8O/c40-29(11-19-5-2-1-3-6-19)36-22-12-21(16-33-17-22)26-14-25-28(18-35-26)38-39-30(25)27-13-24-23(8-10-34-31(24)37-27)20-7-4-9-32-15-20/h1-10,12-18,29,36,40H,11H2,(H,34,37)(H,38,39). The summed E-state index contributed by atoms with van der Waals surface area (Å²) in [7, 11) is 0. The normalized spacial score (nSPS) is 12.1. The van der Waals surface area contributed by atoms with Gasteiger partial charge in [-0.15, -0.1) is 0 Å². The van der Waals surface area contributed by atoms with Crippen molar-refractivity contribution >= 4 is 27.6 Å². The number of rotatable bonds is 7. The summed E-state index contributed by atoms with van der Waals surface area (Å²) in [4.78, 5) is 21.3. The molecule has 7 aromatic rings. The maximum Gasteiger partial charge on any atom is 0.138 e. The Labute approximate surface area is 229 Å². The lowest BCUT2D eigenvalue weighted by atomic mass is 10.1. The number of hydrogen-bond donors (Lipinski definition) is 4. The van der Waals surface area contributed by atoms with Gasteiger partial charge in [0.05, 0.1) is 35.0 Å². The van der Waals surface area contributed by atoms with Crippen LogP contribution in [0.4, 0.5) is 5.69 Å². The number of H-pyrrole nitrogens is 2. The minimum absolute atomic E-state index is 0.482. The Kier molecular flexibility index (Phi) is 5.95. The molecule has 6 heterocycles. The third kappa shape index (κ3) is 4.55. The molecule has 0 aliphatic rings. The molecule has 0 spiro atoms. The van der Waals surface area contributed by atoms with Crippen LogP contribution in [-0.4, -0.2) is 46.5 Å². The van der Waals surface area contributed by atoms with Crippen LogP contribution in [0.15, 0.2) is 104 Å². The molecule has 7 rings (SSSR count). The number of fused-ring (bicyclic) bond motifs is 2. The number of aromatic nitrogens is 7. The van der Waals surface area contributed by atoms with E-state index in [2.05, 4.69) is 46.5 Å². The topological polar surface area (TPSA) is 128 Å². The Morgan fingerprint density at radius 2 is 1.70 bits per heavy atom. The summed E-state index contributed by atoms with van der Waals surface area (Å²) in [6.45, 7) is 0. The van der Waals surface area contributed by atoms with Crippen molar-refractivity contribution < 1.29 is 5.11 Å². The molecule has 0 saturated carbocycles. The average Bonchev–Trinajstić information content (AvgIpc) is 3.62. The number of hydrogen-bond acceptors (Lipinski definition) is 7. The van der Waals surface area contributed by atoms with Crippen molar-refractivity contribution in [1.82, 2.24) is 35.1 Å². The van der Waals surface area contributed by atoms with E-state index in [9.17, 15) is 5.11 Å². The molecule has 0 aliphatic heterocycles. The molecule has 0 bridgehead atoms. The fraction of sp³-hybridized carbons (Fsp3) is 0.0645. The first kappa shape index (κ1) is 23.7. The number of nitrogens with zero attached hydrogens (tertiary/aromatic N) is 5. The van der Waals surface area contributed by atoms with Crippen LogP contribution in [-0.2, 0) is 6.42 Å². The number of pyridine rings is 4. The summed E-state index contributed by atoms with van der Waals surface area (Å²) in [6.07, 6.45) is 10.4. The first-order valence-electron chi connectivity index (χ1n) is 12.9. The van der Waals surface area contributed by atoms with Crippen LogP contribution in [0.5, 0.6) is 0 Å². The Morgan fingerprint density at radius 1 is 0.800 bits per heavy atom. The van der Waals surface area contributed by atoms with Crippen molar-refractivity contribution in [1.29, 1.82) is 0 Å². The number of benzene rings is 1. The molecule has 0 amide bonds. The molecule has 9 heteroatoms. The van der Waals surface area contributed by atoms with Crippen LogP contribution < -0.4 is 5.32 Å². The maximum atomic E-state index is 10.6. The second-order valence-electron chi connectivity index (χ2n) is 9.54. The summed E-state index contributed by atoms with van der Waals surface area (Å²) >= 11 is 0. The molecule has 40 heavy (non-hydrogen) atoms. The zero-order chi connectivity index (χ0) is 26.9. The Morgan fingerprint density at radius 3 is 2.58 bits per heavy atom. The third-order valence-electron chi connectivity index (χ3n) is 6.85. The van der Waals surface area contributed by atoms with Crippen molar-refractivity contribution in [3.8, 4) is 33.8 Å². The van der Waals surface area contributed by atoms with E-state index in [1.54, 1.807) is 31.0 Å². The number of anilines is 1. The first-order valence-corrected chi connectivity index (χ1v) is 12.9. The summed E-state index contributed by atoms with van der Waals surface area (Å²) in [5, 5.41) is 23.3. The zero-order valence-electron chi connectivity index (χ0n) is 21.3. The number of aliphatic hydroxyl groups excluding tert-OH is 1. The maximum absolute atomic E-state index is 10.6. The zero-order valence-corrected chi connectivity index (χ0v) is 21.3. The molecule has 4 N–H and O–H groups in total. The summed E-state index contributed by atoms with van der Waals surface area (Å²) in [5.41, 5.74) is 8.61. The van der Waals surface area contributed by atoms with Gasteiger partial charge in [0.1, 0.15) is 17.6 Å².